The maximum absolute atomic E-state index is 13.3. The Morgan fingerprint density at radius 1 is 0.921 bits per heavy atom. The summed E-state index contributed by atoms with van der Waals surface area (Å²) in [4.78, 5) is 34.6. The lowest BCUT2D eigenvalue weighted by Gasteiger charge is -2.36. The molecule has 196 valence electrons. The van der Waals surface area contributed by atoms with Gasteiger partial charge >= 0.3 is 6.18 Å². The predicted octanol–water partition coefficient (Wildman–Crippen LogP) is 5.50. The Balaban J connectivity index is 1.30. The van der Waals surface area contributed by atoms with Crippen LogP contribution in [0.2, 0.25) is 5.02 Å². The smallest absolute Gasteiger partial charge is 0.368 e. The summed E-state index contributed by atoms with van der Waals surface area (Å²) in [6, 6.07) is 19.1. The number of fused-ring (bicyclic) bond motifs is 1. The number of thioether (sulfide) groups is 1. The van der Waals surface area contributed by atoms with Crippen molar-refractivity contribution in [3.05, 3.63) is 93.7 Å². The third-order valence-corrected chi connectivity index (χ3v) is 7.50. The average Bonchev–Trinajstić information content (AvgIpc) is 2.92. The van der Waals surface area contributed by atoms with Crippen LogP contribution in [0, 0.1) is 0 Å². The fraction of sp³-hybridized carbons (Fsp3) is 0.222. The topological polar surface area (TPSA) is 58.4 Å². The van der Waals surface area contributed by atoms with Crippen molar-refractivity contribution in [3.8, 4) is 5.69 Å². The van der Waals surface area contributed by atoms with E-state index in [1.807, 2.05) is 4.90 Å². The summed E-state index contributed by atoms with van der Waals surface area (Å²) in [5, 5.41) is 1.38. The number of benzene rings is 3. The number of para-hydroxylation sites is 1. The molecule has 0 atom stereocenters. The van der Waals surface area contributed by atoms with E-state index in [1.165, 1.54) is 22.4 Å². The normalized spacial score (nSPS) is 14.2. The molecule has 0 saturated carbocycles. The van der Waals surface area contributed by atoms with Crippen LogP contribution in [-0.2, 0) is 11.0 Å². The lowest BCUT2D eigenvalue weighted by Crippen LogP contribution is -2.49. The van der Waals surface area contributed by atoms with E-state index in [4.69, 9.17) is 11.6 Å². The molecule has 1 aliphatic rings. The quantitative estimate of drug-likeness (QED) is 0.239. The summed E-state index contributed by atoms with van der Waals surface area (Å²) in [6.07, 6.45) is -4.41. The summed E-state index contributed by atoms with van der Waals surface area (Å²) >= 11 is 7.20. The van der Waals surface area contributed by atoms with Crippen molar-refractivity contribution in [1.82, 2.24) is 14.5 Å². The van der Waals surface area contributed by atoms with Crippen molar-refractivity contribution in [2.45, 2.75) is 11.3 Å². The van der Waals surface area contributed by atoms with Gasteiger partial charge in [0.2, 0.25) is 5.91 Å². The number of aromatic nitrogens is 2. The van der Waals surface area contributed by atoms with Gasteiger partial charge in [0, 0.05) is 36.9 Å². The molecule has 1 aromatic heterocycles. The number of amides is 1. The first kappa shape index (κ1) is 26.1. The molecule has 6 nitrogen and oxygen atoms in total. The fourth-order valence-corrected chi connectivity index (χ4v) is 5.38. The summed E-state index contributed by atoms with van der Waals surface area (Å²) in [6.45, 7) is 1.60. The van der Waals surface area contributed by atoms with Gasteiger partial charge in [-0.15, -0.1) is 0 Å². The predicted molar refractivity (Wildman–Crippen MR) is 143 cm³/mol. The standard InChI is InChI=1S/C27H22ClF3N4O2S/c28-19-8-10-20(11-9-19)35-25(37)22-6-1-2-7-23(22)32-26(35)38-17-24(36)34-14-12-33(13-15-34)21-5-3-4-18(16-21)27(29,30)31/h1-11,16H,12-15,17H2. The third-order valence-electron chi connectivity index (χ3n) is 6.33. The molecule has 0 bridgehead atoms. The van der Waals surface area contributed by atoms with Gasteiger partial charge < -0.3 is 9.80 Å². The van der Waals surface area contributed by atoms with Crippen LogP contribution in [0.15, 0.2) is 82.7 Å². The van der Waals surface area contributed by atoms with E-state index in [2.05, 4.69) is 4.98 Å². The number of piperazine rings is 1. The molecule has 4 aromatic rings. The largest absolute Gasteiger partial charge is 0.416 e. The van der Waals surface area contributed by atoms with E-state index in [0.717, 1.165) is 12.1 Å². The van der Waals surface area contributed by atoms with Crippen LogP contribution in [0.1, 0.15) is 5.56 Å². The van der Waals surface area contributed by atoms with E-state index in [0.29, 0.717) is 58.6 Å². The molecule has 5 rings (SSSR count). The number of anilines is 1. The number of hydrogen-bond donors (Lipinski definition) is 0. The van der Waals surface area contributed by atoms with Gasteiger partial charge in [-0.05, 0) is 54.6 Å². The minimum atomic E-state index is -4.41. The van der Waals surface area contributed by atoms with Crippen molar-refractivity contribution in [1.29, 1.82) is 0 Å². The van der Waals surface area contributed by atoms with Gasteiger partial charge in [-0.1, -0.05) is 41.6 Å². The second-order valence-corrected chi connectivity index (χ2v) is 10.1. The molecule has 0 N–H and O–H groups in total. The molecule has 1 amide bonds. The van der Waals surface area contributed by atoms with Crippen molar-refractivity contribution in [2.24, 2.45) is 0 Å². The molecular formula is C27H22ClF3N4O2S. The van der Waals surface area contributed by atoms with Crippen molar-refractivity contribution >= 4 is 45.9 Å². The summed E-state index contributed by atoms with van der Waals surface area (Å²) in [5.41, 5.74) is 0.658. The van der Waals surface area contributed by atoms with Crippen molar-refractivity contribution < 1.29 is 18.0 Å². The zero-order valence-corrected chi connectivity index (χ0v) is 21.6. The molecule has 3 aromatic carbocycles. The second-order valence-electron chi connectivity index (χ2n) is 8.73. The molecule has 1 fully saturated rings. The SMILES string of the molecule is O=C(CSc1nc2ccccc2c(=O)n1-c1ccc(Cl)cc1)N1CCN(c2cccc(C(F)(F)F)c2)CC1. The number of alkyl halides is 3. The van der Waals surface area contributed by atoms with E-state index >= 15 is 0 Å². The maximum atomic E-state index is 13.3. The van der Waals surface area contributed by atoms with Crippen molar-refractivity contribution in [2.75, 3.05) is 36.8 Å². The van der Waals surface area contributed by atoms with Gasteiger partial charge in [-0.2, -0.15) is 13.2 Å². The molecular weight excluding hydrogens is 537 g/mol. The van der Waals surface area contributed by atoms with Gasteiger partial charge in [0.1, 0.15) is 0 Å². The molecule has 1 aliphatic heterocycles. The zero-order chi connectivity index (χ0) is 26.9. The van der Waals surface area contributed by atoms with E-state index in [9.17, 15) is 22.8 Å². The monoisotopic (exact) mass is 558 g/mol. The number of carbonyl (C=O) groups excluding carboxylic acids is 1. The van der Waals surface area contributed by atoms with Gasteiger partial charge in [0.25, 0.3) is 5.56 Å². The summed E-state index contributed by atoms with van der Waals surface area (Å²) < 4.78 is 40.7. The Labute approximate surface area is 225 Å². The van der Waals surface area contributed by atoms with Crippen LogP contribution in [-0.4, -0.2) is 52.3 Å². The number of rotatable bonds is 5. The van der Waals surface area contributed by atoms with Crippen LogP contribution in [0.3, 0.4) is 0 Å². The molecule has 0 radical (unpaired) electrons. The minimum Gasteiger partial charge on any atom is -0.368 e. The number of hydrogen-bond acceptors (Lipinski definition) is 5. The highest BCUT2D eigenvalue weighted by atomic mass is 35.5. The van der Waals surface area contributed by atoms with E-state index in [-0.39, 0.29) is 17.2 Å². The zero-order valence-electron chi connectivity index (χ0n) is 20.0. The number of nitrogens with zero attached hydrogens (tertiary/aromatic N) is 4. The molecule has 1 saturated heterocycles. The second kappa shape index (κ2) is 10.7. The third kappa shape index (κ3) is 5.51. The van der Waals surface area contributed by atoms with E-state index < -0.39 is 11.7 Å². The highest BCUT2D eigenvalue weighted by Crippen LogP contribution is 2.32. The Morgan fingerprint density at radius 3 is 2.34 bits per heavy atom. The molecule has 0 unspecified atom stereocenters. The average molecular weight is 559 g/mol. The first-order chi connectivity index (χ1) is 18.2. The first-order valence-corrected chi connectivity index (χ1v) is 13.2. The van der Waals surface area contributed by atoms with Crippen LogP contribution in [0.5, 0.6) is 0 Å². The van der Waals surface area contributed by atoms with Crippen LogP contribution < -0.4 is 10.5 Å². The lowest BCUT2D eigenvalue weighted by atomic mass is 10.1. The summed E-state index contributed by atoms with van der Waals surface area (Å²) in [5.74, 6) is -0.0779. The molecule has 38 heavy (non-hydrogen) atoms. The van der Waals surface area contributed by atoms with Gasteiger partial charge in [-0.3, -0.25) is 14.2 Å². The highest BCUT2D eigenvalue weighted by Gasteiger charge is 2.31. The van der Waals surface area contributed by atoms with Gasteiger partial charge in [-0.25, -0.2) is 4.98 Å². The fourth-order valence-electron chi connectivity index (χ4n) is 4.34. The highest BCUT2D eigenvalue weighted by molar-refractivity contribution is 7.99. The molecule has 11 heteroatoms. The van der Waals surface area contributed by atoms with Crippen molar-refractivity contribution in [3.63, 3.8) is 0 Å². The Morgan fingerprint density at radius 2 is 1.63 bits per heavy atom. The first-order valence-electron chi connectivity index (χ1n) is 11.8. The van der Waals surface area contributed by atoms with Crippen LogP contribution >= 0.6 is 23.4 Å². The molecule has 0 aliphatic carbocycles. The van der Waals surface area contributed by atoms with Crippen LogP contribution in [0.4, 0.5) is 18.9 Å². The van der Waals surface area contributed by atoms with Gasteiger partial charge in [0.05, 0.1) is 27.9 Å². The van der Waals surface area contributed by atoms with Crippen LogP contribution in [0.25, 0.3) is 16.6 Å². The Kier molecular flexibility index (Phi) is 7.36. The van der Waals surface area contributed by atoms with E-state index in [1.54, 1.807) is 59.5 Å². The Hall–Kier alpha value is -3.50. The Bertz CT molecular complexity index is 1530. The summed E-state index contributed by atoms with van der Waals surface area (Å²) in [7, 11) is 0. The maximum Gasteiger partial charge on any atom is 0.416 e. The number of carbonyl (C=O) groups is 1. The minimum absolute atomic E-state index is 0.0575. The van der Waals surface area contributed by atoms with Gasteiger partial charge in [0.15, 0.2) is 5.16 Å². The molecule has 0 spiro atoms. The lowest BCUT2D eigenvalue weighted by molar-refractivity contribution is -0.137. The number of halogens is 4. The molecule has 2 heterocycles.